The third-order valence-electron chi connectivity index (χ3n) is 3.40. The number of aromatic nitrogens is 2. The highest BCUT2D eigenvalue weighted by Gasteiger charge is 2.09. The van der Waals surface area contributed by atoms with Crippen molar-refractivity contribution in [3.05, 3.63) is 36.5 Å². The second kappa shape index (κ2) is 9.53. The minimum atomic E-state index is -0.232. The summed E-state index contributed by atoms with van der Waals surface area (Å²) in [5.41, 5.74) is 6.71. The fourth-order valence-electron chi connectivity index (χ4n) is 2.14. The Morgan fingerprint density at radius 3 is 2.64 bits per heavy atom. The molecule has 2 heterocycles. The predicted molar refractivity (Wildman–Crippen MR) is 115 cm³/mol. The number of thiazole rings is 1. The van der Waals surface area contributed by atoms with Crippen LogP contribution in [0.1, 0.15) is 0 Å². The van der Waals surface area contributed by atoms with Crippen LogP contribution in [-0.2, 0) is 4.79 Å². The monoisotopic (exact) mass is 435 g/mol. The number of fused-ring (bicyclic) bond motifs is 1. The molecule has 0 unspecified atom stereocenters. The van der Waals surface area contributed by atoms with Crippen molar-refractivity contribution in [3.8, 4) is 11.5 Å². The lowest BCUT2D eigenvalue weighted by molar-refractivity contribution is -0.119. The molecular weight excluding hydrogens is 418 g/mol. The molecule has 3 N–H and O–H groups in total. The van der Waals surface area contributed by atoms with E-state index >= 15 is 0 Å². The molecule has 3 rings (SSSR count). The van der Waals surface area contributed by atoms with Gasteiger partial charge in [-0.1, -0.05) is 23.1 Å². The first kappa shape index (κ1) is 20.1. The van der Waals surface area contributed by atoms with Crippen LogP contribution in [0, 0.1) is 0 Å². The van der Waals surface area contributed by atoms with Gasteiger partial charge in [0.1, 0.15) is 21.8 Å². The van der Waals surface area contributed by atoms with Gasteiger partial charge in [-0.25, -0.2) is 9.97 Å². The molecule has 0 spiro atoms. The zero-order valence-electron chi connectivity index (χ0n) is 15.0. The van der Waals surface area contributed by atoms with E-state index in [1.54, 1.807) is 38.6 Å². The van der Waals surface area contributed by atoms with E-state index in [-0.39, 0.29) is 16.8 Å². The van der Waals surface area contributed by atoms with Crippen LogP contribution in [-0.4, -0.2) is 41.0 Å². The fourth-order valence-corrected chi connectivity index (χ4v) is 4.09. The highest BCUT2D eigenvalue weighted by Crippen LogP contribution is 2.28. The molecule has 0 saturated heterocycles. The van der Waals surface area contributed by atoms with Crippen LogP contribution in [0.25, 0.3) is 10.3 Å². The van der Waals surface area contributed by atoms with Crippen LogP contribution in [0.15, 0.2) is 40.9 Å². The summed E-state index contributed by atoms with van der Waals surface area (Å²) in [6.45, 7) is 0. The summed E-state index contributed by atoms with van der Waals surface area (Å²) in [6, 6.07) is 8.99. The van der Waals surface area contributed by atoms with Crippen molar-refractivity contribution in [2.75, 3.05) is 25.3 Å². The molecule has 1 aromatic carbocycles. The first-order valence-electron chi connectivity index (χ1n) is 8.00. The van der Waals surface area contributed by atoms with E-state index in [9.17, 15) is 4.79 Å². The van der Waals surface area contributed by atoms with Crippen LogP contribution in [0.3, 0.4) is 0 Å². The van der Waals surface area contributed by atoms with Gasteiger partial charge in [-0.3, -0.25) is 15.6 Å². The molecule has 1 amide bonds. The highest BCUT2D eigenvalue weighted by molar-refractivity contribution is 8.01. The topological polar surface area (TPSA) is 97.4 Å². The molecule has 28 heavy (non-hydrogen) atoms. The molecule has 3 aromatic rings. The standard InChI is InChI=1S/C17H17N5O3S3/c1-24-11-6-10(7-12(8-11)25-2)19-16(26)22-21-14(23)9-27-17-20-13-4-3-5-18-15(13)28-17/h3-8H,9H2,1-2H3,(H,21,23)(H2,19,22,26). The number of anilines is 1. The molecule has 0 saturated carbocycles. The maximum Gasteiger partial charge on any atom is 0.248 e. The number of hydrogen-bond donors (Lipinski definition) is 3. The number of amides is 1. The first-order valence-corrected chi connectivity index (χ1v) is 10.2. The quantitative estimate of drug-likeness (QED) is 0.307. The van der Waals surface area contributed by atoms with E-state index < -0.39 is 0 Å². The Hall–Kier alpha value is -2.63. The van der Waals surface area contributed by atoms with E-state index in [2.05, 4.69) is 26.1 Å². The Morgan fingerprint density at radius 2 is 1.96 bits per heavy atom. The van der Waals surface area contributed by atoms with E-state index in [0.29, 0.717) is 17.2 Å². The van der Waals surface area contributed by atoms with Gasteiger partial charge < -0.3 is 14.8 Å². The maximum atomic E-state index is 12.0. The van der Waals surface area contributed by atoms with Gasteiger partial charge in [-0.05, 0) is 24.4 Å². The highest BCUT2D eigenvalue weighted by atomic mass is 32.2. The number of ether oxygens (including phenoxy) is 2. The number of nitrogens with zero attached hydrogens (tertiary/aromatic N) is 2. The first-order chi connectivity index (χ1) is 13.6. The van der Waals surface area contributed by atoms with E-state index in [1.807, 2.05) is 12.1 Å². The summed E-state index contributed by atoms with van der Waals surface area (Å²) < 4.78 is 11.2. The van der Waals surface area contributed by atoms with Gasteiger partial charge in [0, 0.05) is 30.1 Å². The number of rotatable bonds is 6. The van der Waals surface area contributed by atoms with Crippen LogP contribution in [0.2, 0.25) is 0 Å². The molecule has 0 aliphatic carbocycles. The van der Waals surface area contributed by atoms with Crippen LogP contribution >= 0.6 is 35.3 Å². The largest absolute Gasteiger partial charge is 0.497 e. The number of pyridine rings is 1. The van der Waals surface area contributed by atoms with Crippen molar-refractivity contribution >= 4 is 62.4 Å². The number of thiocarbonyl (C=S) groups is 1. The Labute approximate surface area is 175 Å². The summed E-state index contributed by atoms with van der Waals surface area (Å²) in [5.74, 6) is 1.21. The van der Waals surface area contributed by atoms with Crippen molar-refractivity contribution in [2.45, 2.75) is 4.34 Å². The number of carbonyl (C=O) groups excluding carboxylic acids is 1. The maximum absolute atomic E-state index is 12.0. The Morgan fingerprint density at radius 1 is 1.21 bits per heavy atom. The Kier molecular flexibility index (Phi) is 6.85. The van der Waals surface area contributed by atoms with Crippen LogP contribution in [0.4, 0.5) is 5.69 Å². The third kappa shape index (κ3) is 5.44. The van der Waals surface area contributed by atoms with Gasteiger partial charge in [-0.2, -0.15) is 0 Å². The third-order valence-corrected chi connectivity index (χ3v) is 5.72. The summed E-state index contributed by atoms with van der Waals surface area (Å²) in [7, 11) is 3.13. The molecule has 0 bridgehead atoms. The van der Waals surface area contributed by atoms with Gasteiger partial charge in [0.25, 0.3) is 0 Å². The average Bonchev–Trinajstić information content (AvgIpc) is 3.13. The number of carbonyl (C=O) groups is 1. The van der Waals surface area contributed by atoms with E-state index in [1.165, 1.54) is 23.1 Å². The van der Waals surface area contributed by atoms with Crippen molar-refractivity contribution in [1.29, 1.82) is 0 Å². The minimum absolute atomic E-state index is 0.197. The molecule has 0 fully saturated rings. The number of methoxy groups -OCH3 is 2. The van der Waals surface area contributed by atoms with Crippen molar-refractivity contribution < 1.29 is 14.3 Å². The van der Waals surface area contributed by atoms with Gasteiger partial charge in [0.2, 0.25) is 5.91 Å². The van der Waals surface area contributed by atoms with Gasteiger partial charge >= 0.3 is 0 Å². The lowest BCUT2D eigenvalue weighted by Gasteiger charge is -2.13. The zero-order chi connectivity index (χ0) is 19.9. The summed E-state index contributed by atoms with van der Waals surface area (Å²) in [6.07, 6.45) is 1.72. The molecule has 0 aliphatic rings. The molecule has 11 heteroatoms. The lowest BCUT2D eigenvalue weighted by atomic mass is 10.3. The molecule has 146 valence electrons. The smallest absolute Gasteiger partial charge is 0.248 e. The van der Waals surface area contributed by atoms with Crippen LogP contribution < -0.4 is 25.6 Å². The number of nitrogens with one attached hydrogen (secondary N) is 3. The number of thioether (sulfide) groups is 1. The van der Waals surface area contributed by atoms with Gasteiger partial charge in [0.05, 0.1) is 20.0 Å². The average molecular weight is 436 g/mol. The summed E-state index contributed by atoms with van der Waals surface area (Å²) >= 11 is 7.98. The van der Waals surface area contributed by atoms with Crippen LogP contribution in [0.5, 0.6) is 11.5 Å². The molecule has 8 nitrogen and oxygen atoms in total. The van der Waals surface area contributed by atoms with Gasteiger partial charge in [-0.15, -0.1) is 0 Å². The van der Waals surface area contributed by atoms with E-state index in [0.717, 1.165) is 14.7 Å². The zero-order valence-corrected chi connectivity index (χ0v) is 17.5. The van der Waals surface area contributed by atoms with Gasteiger partial charge in [0.15, 0.2) is 9.45 Å². The number of hydrazine groups is 1. The van der Waals surface area contributed by atoms with E-state index in [4.69, 9.17) is 21.7 Å². The molecular formula is C17H17N5O3S3. The molecule has 2 aromatic heterocycles. The fraction of sp³-hybridized carbons (Fsp3) is 0.176. The second-order valence-electron chi connectivity index (χ2n) is 5.32. The molecule has 0 atom stereocenters. The SMILES string of the molecule is COc1cc(NC(=S)NNC(=O)CSc2nc3cccnc3s2)cc(OC)c1. The predicted octanol–water partition coefficient (Wildman–Crippen LogP) is 2.82. The number of benzene rings is 1. The summed E-state index contributed by atoms with van der Waals surface area (Å²) in [5, 5.41) is 3.19. The molecule has 0 aliphatic heterocycles. The Bertz CT molecular complexity index is 940. The number of hydrogen-bond acceptors (Lipinski definition) is 8. The molecule has 0 radical (unpaired) electrons. The van der Waals surface area contributed by atoms with Crippen molar-refractivity contribution in [2.24, 2.45) is 0 Å². The van der Waals surface area contributed by atoms with Crippen molar-refractivity contribution in [3.63, 3.8) is 0 Å². The lowest BCUT2D eigenvalue weighted by Crippen LogP contribution is -2.44. The normalized spacial score (nSPS) is 10.4. The minimum Gasteiger partial charge on any atom is -0.497 e. The Balaban J connectivity index is 1.47. The second-order valence-corrected chi connectivity index (χ2v) is 7.93. The van der Waals surface area contributed by atoms with Crippen molar-refractivity contribution in [1.82, 2.24) is 20.8 Å². The summed E-state index contributed by atoms with van der Waals surface area (Å²) in [4.78, 5) is 21.5.